The summed E-state index contributed by atoms with van der Waals surface area (Å²) in [7, 11) is 0. The highest BCUT2D eigenvalue weighted by atomic mass is 79.9. The van der Waals surface area contributed by atoms with Crippen LogP contribution in [0.15, 0.2) is 22.7 Å². The number of rotatable bonds is 6. The van der Waals surface area contributed by atoms with E-state index >= 15 is 0 Å². The van der Waals surface area contributed by atoms with Crippen molar-refractivity contribution in [3.05, 3.63) is 28.2 Å². The minimum Gasteiger partial charge on any atom is -0.396 e. The summed E-state index contributed by atoms with van der Waals surface area (Å²) in [4.78, 5) is 0. The fourth-order valence-corrected chi connectivity index (χ4v) is 2.46. The van der Waals surface area contributed by atoms with Crippen molar-refractivity contribution in [2.45, 2.75) is 33.6 Å². The van der Waals surface area contributed by atoms with E-state index in [0.717, 1.165) is 29.5 Å². The zero-order chi connectivity index (χ0) is 12.9. The molecular formula is C14H22BrNO. The van der Waals surface area contributed by atoms with Crippen molar-refractivity contribution in [1.82, 2.24) is 0 Å². The first-order chi connectivity index (χ1) is 8.06. The number of hydrogen-bond donors (Lipinski definition) is 2. The van der Waals surface area contributed by atoms with E-state index in [1.54, 1.807) is 0 Å². The zero-order valence-corrected chi connectivity index (χ0v) is 12.5. The molecule has 0 aliphatic heterocycles. The maximum atomic E-state index is 9.52. The first-order valence-corrected chi connectivity index (χ1v) is 6.97. The van der Waals surface area contributed by atoms with Crippen molar-refractivity contribution < 1.29 is 5.11 Å². The van der Waals surface area contributed by atoms with Gasteiger partial charge in [0, 0.05) is 22.1 Å². The van der Waals surface area contributed by atoms with E-state index in [9.17, 15) is 5.11 Å². The molecule has 1 rings (SSSR count). The standard InChI is InChI=1S/C14H22BrNO/c1-4-14(5-2,10-17)9-16-13-7-6-11(3)8-12(13)15/h6-8,16-17H,4-5,9-10H2,1-3H3. The lowest BCUT2D eigenvalue weighted by Crippen LogP contribution is -2.32. The molecule has 0 fully saturated rings. The lowest BCUT2D eigenvalue weighted by Gasteiger charge is -2.30. The van der Waals surface area contributed by atoms with Gasteiger partial charge in [-0.15, -0.1) is 0 Å². The van der Waals surface area contributed by atoms with Crippen molar-refractivity contribution >= 4 is 21.6 Å². The van der Waals surface area contributed by atoms with E-state index in [1.807, 2.05) is 0 Å². The number of aliphatic hydroxyl groups excluding tert-OH is 1. The molecule has 17 heavy (non-hydrogen) atoms. The topological polar surface area (TPSA) is 32.3 Å². The fraction of sp³-hybridized carbons (Fsp3) is 0.571. The second-order valence-electron chi connectivity index (χ2n) is 4.70. The van der Waals surface area contributed by atoms with Crippen molar-refractivity contribution in [3.63, 3.8) is 0 Å². The molecule has 0 saturated heterocycles. The van der Waals surface area contributed by atoms with E-state index in [1.165, 1.54) is 5.56 Å². The van der Waals surface area contributed by atoms with Crippen LogP contribution in [0.4, 0.5) is 5.69 Å². The van der Waals surface area contributed by atoms with Crippen LogP contribution in [0.5, 0.6) is 0 Å². The van der Waals surface area contributed by atoms with Crippen LogP contribution in [-0.2, 0) is 0 Å². The SMILES string of the molecule is CCC(CC)(CO)CNc1ccc(C)cc1Br. The molecule has 0 heterocycles. The summed E-state index contributed by atoms with van der Waals surface area (Å²) in [6, 6.07) is 6.26. The molecule has 0 aliphatic carbocycles. The molecule has 0 radical (unpaired) electrons. The number of aryl methyl sites for hydroxylation is 1. The average molecular weight is 300 g/mol. The van der Waals surface area contributed by atoms with Crippen LogP contribution in [0, 0.1) is 12.3 Å². The van der Waals surface area contributed by atoms with Crippen molar-refractivity contribution in [2.24, 2.45) is 5.41 Å². The Kier molecular flexibility index (Phi) is 5.47. The molecule has 3 heteroatoms. The quantitative estimate of drug-likeness (QED) is 0.833. The van der Waals surface area contributed by atoms with Gasteiger partial charge in [0.25, 0.3) is 0 Å². The third-order valence-corrected chi connectivity index (χ3v) is 4.27. The van der Waals surface area contributed by atoms with E-state index in [2.05, 4.69) is 60.2 Å². The van der Waals surface area contributed by atoms with Gasteiger partial charge in [0.1, 0.15) is 0 Å². The maximum Gasteiger partial charge on any atom is 0.0504 e. The summed E-state index contributed by atoms with van der Waals surface area (Å²) in [6.07, 6.45) is 1.97. The Hall–Kier alpha value is -0.540. The monoisotopic (exact) mass is 299 g/mol. The Morgan fingerprint density at radius 1 is 1.29 bits per heavy atom. The Bertz CT molecular complexity index is 353. The van der Waals surface area contributed by atoms with Gasteiger partial charge >= 0.3 is 0 Å². The maximum absolute atomic E-state index is 9.52. The largest absolute Gasteiger partial charge is 0.396 e. The molecule has 96 valence electrons. The summed E-state index contributed by atoms with van der Waals surface area (Å²) in [5.41, 5.74) is 2.32. The average Bonchev–Trinajstić information content (AvgIpc) is 2.33. The predicted molar refractivity (Wildman–Crippen MR) is 77.5 cm³/mol. The molecule has 0 aliphatic rings. The number of nitrogens with one attached hydrogen (secondary N) is 1. The second kappa shape index (κ2) is 6.41. The Morgan fingerprint density at radius 3 is 2.41 bits per heavy atom. The van der Waals surface area contributed by atoms with Gasteiger partial charge in [-0.2, -0.15) is 0 Å². The number of anilines is 1. The minimum atomic E-state index is -0.00960. The number of aliphatic hydroxyl groups is 1. The van der Waals surface area contributed by atoms with Gasteiger partial charge in [-0.3, -0.25) is 0 Å². The van der Waals surface area contributed by atoms with Gasteiger partial charge in [-0.25, -0.2) is 0 Å². The summed E-state index contributed by atoms with van der Waals surface area (Å²) < 4.78 is 1.08. The smallest absolute Gasteiger partial charge is 0.0504 e. The van der Waals surface area contributed by atoms with E-state index in [4.69, 9.17) is 0 Å². The van der Waals surface area contributed by atoms with E-state index < -0.39 is 0 Å². The van der Waals surface area contributed by atoms with Crippen LogP contribution in [0.2, 0.25) is 0 Å². The lowest BCUT2D eigenvalue weighted by molar-refractivity contribution is 0.127. The molecule has 2 N–H and O–H groups in total. The molecule has 1 aromatic rings. The third-order valence-electron chi connectivity index (χ3n) is 3.61. The van der Waals surface area contributed by atoms with Gasteiger partial charge in [0.2, 0.25) is 0 Å². The van der Waals surface area contributed by atoms with Crippen LogP contribution in [0.1, 0.15) is 32.3 Å². The van der Waals surface area contributed by atoms with E-state index in [0.29, 0.717) is 0 Å². The second-order valence-corrected chi connectivity index (χ2v) is 5.56. The normalized spacial score (nSPS) is 11.6. The van der Waals surface area contributed by atoms with Gasteiger partial charge in [0.15, 0.2) is 0 Å². The van der Waals surface area contributed by atoms with E-state index in [-0.39, 0.29) is 12.0 Å². The molecule has 1 aromatic carbocycles. The number of hydrogen-bond acceptors (Lipinski definition) is 2. The summed E-state index contributed by atoms with van der Waals surface area (Å²) >= 11 is 3.56. The van der Waals surface area contributed by atoms with Gasteiger partial charge in [-0.05, 0) is 53.4 Å². The molecular weight excluding hydrogens is 278 g/mol. The Morgan fingerprint density at radius 2 is 1.94 bits per heavy atom. The van der Waals surface area contributed by atoms with Gasteiger partial charge < -0.3 is 10.4 Å². The predicted octanol–water partition coefficient (Wildman–Crippen LogP) is 3.97. The van der Waals surface area contributed by atoms with Crippen molar-refractivity contribution in [1.29, 1.82) is 0 Å². The molecule has 0 saturated carbocycles. The molecule has 0 spiro atoms. The van der Waals surface area contributed by atoms with Crippen LogP contribution in [0.25, 0.3) is 0 Å². The fourth-order valence-electron chi connectivity index (χ4n) is 1.83. The first kappa shape index (κ1) is 14.5. The number of benzene rings is 1. The highest BCUT2D eigenvalue weighted by Crippen LogP contribution is 2.29. The molecule has 0 unspecified atom stereocenters. The molecule has 0 amide bonds. The Labute approximate surface area is 113 Å². The minimum absolute atomic E-state index is 0.00960. The van der Waals surface area contributed by atoms with Crippen LogP contribution in [0.3, 0.4) is 0 Å². The highest BCUT2D eigenvalue weighted by molar-refractivity contribution is 9.10. The molecule has 0 bridgehead atoms. The van der Waals surface area contributed by atoms with Crippen LogP contribution in [-0.4, -0.2) is 18.3 Å². The van der Waals surface area contributed by atoms with Gasteiger partial charge in [-0.1, -0.05) is 19.9 Å². The first-order valence-electron chi connectivity index (χ1n) is 6.18. The summed E-state index contributed by atoms with van der Waals surface area (Å²) in [6.45, 7) is 7.37. The van der Waals surface area contributed by atoms with Gasteiger partial charge in [0.05, 0.1) is 6.61 Å². The number of halogens is 1. The van der Waals surface area contributed by atoms with Crippen molar-refractivity contribution in [2.75, 3.05) is 18.5 Å². The third kappa shape index (κ3) is 3.71. The van der Waals surface area contributed by atoms with Crippen molar-refractivity contribution in [3.8, 4) is 0 Å². The molecule has 0 aromatic heterocycles. The van der Waals surface area contributed by atoms with Crippen LogP contribution < -0.4 is 5.32 Å². The highest BCUT2D eigenvalue weighted by Gasteiger charge is 2.24. The lowest BCUT2D eigenvalue weighted by atomic mass is 9.83. The zero-order valence-electron chi connectivity index (χ0n) is 10.9. The summed E-state index contributed by atoms with van der Waals surface area (Å²) in [5, 5.41) is 12.9. The molecule has 2 nitrogen and oxygen atoms in total. The molecule has 0 atom stereocenters. The summed E-state index contributed by atoms with van der Waals surface area (Å²) in [5.74, 6) is 0. The Balaban J connectivity index is 2.72. The van der Waals surface area contributed by atoms with Crippen LogP contribution >= 0.6 is 15.9 Å².